The third-order valence-corrected chi connectivity index (χ3v) is 3.88. The summed E-state index contributed by atoms with van der Waals surface area (Å²) in [5.74, 6) is 0.236. The minimum absolute atomic E-state index is 0.139. The summed E-state index contributed by atoms with van der Waals surface area (Å²) in [6.45, 7) is 5.39. The highest BCUT2D eigenvalue weighted by Crippen LogP contribution is 2.26. The lowest BCUT2D eigenvalue weighted by Gasteiger charge is -2.19. The molecule has 0 radical (unpaired) electrons. The Kier molecular flexibility index (Phi) is 6.17. The van der Waals surface area contributed by atoms with E-state index in [1.165, 1.54) is 6.92 Å². The second-order valence-corrected chi connectivity index (χ2v) is 6.12. The number of amides is 2. The van der Waals surface area contributed by atoms with Crippen molar-refractivity contribution in [3.63, 3.8) is 0 Å². The first-order valence-corrected chi connectivity index (χ1v) is 8.17. The Balaban J connectivity index is 2.15. The van der Waals surface area contributed by atoms with Crippen molar-refractivity contribution in [3.05, 3.63) is 59.2 Å². The molecule has 132 valence electrons. The van der Waals surface area contributed by atoms with Crippen LogP contribution in [0.5, 0.6) is 5.75 Å². The largest absolute Gasteiger partial charge is 0.495 e. The lowest BCUT2D eigenvalue weighted by atomic mass is 10.0. The molecule has 2 amide bonds. The van der Waals surface area contributed by atoms with Crippen molar-refractivity contribution in [2.75, 3.05) is 12.4 Å². The number of carbonyl (C=O) groups excluding carboxylic acids is 2. The molecule has 0 aliphatic rings. The molecule has 2 N–H and O–H groups in total. The van der Waals surface area contributed by atoms with Crippen LogP contribution < -0.4 is 15.4 Å². The highest BCUT2D eigenvalue weighted by atomic mass is 16.5. The van der Waals surface area contributed by atoms with Crippen molar-refractivity contribution in [1.29, 1.82) is 0 Å². The van der Waals surface area contributed by atoms with Crippen LogP contribution in [-0.4, -0.2) is 18.9 Å². The number of ether oxygens (including phenoxy) is 1. The summed E-state index contributed by atoms with van der Waals surface area (Å²) in [6.07, 6.45) is 0.139. The molecule has 0 spiro atoms. The third-order valence-electron chi connectivity index (χ3n) is 3.88. The smallest absolute Gasteiger partial charge is 0.226 e. The number of hydrogen-bond donors (Lipinski definition) is 2. The van der Waals surface area contributed by atoms with Crippen LogP contribution in [0.3, 0.4) is 0 Å². The first kappa shape index (κ1) is 18.5. The van der Waals surface area contributed by atoms with Crippen molar-refractivity contribution in [2.45, 2.75) is 33.2 Å². The van der Waals surface area contributed by atoms with Crippen LogP contribution in [0.15, 0.2) is 42.5 Å². The minimum Gasteiger partial charge on any atom is -0.495 e. The minimum atomic E-state index is -0.381. The number of aryl methyl sites for hydroxylation is 2. The summed E-state index contributed by atoms with van der Waals surface area (Å²) in [5, 5.41) is 5.71. The fourth-order valence-electron chi connectivity index (χ4n) is 2.60. The fraction of sp³-hybridized carbons (Fsp3) is 0.300. The molecule has 1 unspecified atom stereocenters. The number of benzene rings is 2. The molecule has 2 aromatic rings. The first-order chi connectivity index (χ1) is 11.9. The number of nitrogens with one attached hydrogen (secondary N) is 2. The summed E-state index contributed by atoms with van der Waals surface area (Å²) >= 11 is 0. The maximum absolute atomic E-state index is 12.5. The van der Waals surface area contributed by atoms with Crippen LogP contribution in [0.1, 0.15) is 36.1 Å². The van der Waals surface area contributed by atoms with Crippen molar-refractivity contribution < 1.29 is 14.3 Å². The third kappa shape index (κ3) is 5.35. The topological polar surface area (TPSA) is 67.4 Å². The van der Waals surface area contributed by atoms with Gasteiger partial charge in [0.2, 0.25) is 11.8 Å². The molecular formula is C20H24N2O3. The van der Waals surface area contributed by atoms with Gasteiger partial charge in [0.25, 0.3) is 0 Å². The SMILES string of the molecule is COc1ccc(C)cc1NC(=O)CC(NC(C)=O)c1ccc(C)cc1. The quantitative estimate of drug-likeness (QED) is 0.845. The van der Waals surface area contributed by atoms with Crippen LogP contribution in [-0.2, 0) is 9.59 Å². The van der Waals surface area contributed by atoms with E-state index in [1.807, 2.05) is 56.3 Å². The van der Waals surface area contributed by atoms with Gasteiger partial charge in [0.15, 0.2) is 0 Å². The van der Waals surface area contributed by atoms with Crippen LogP contribution in [0, 0.1) is 13.8 Å². The maximum Gasteiger partial charge on any atom is 0.226 e. The fourth-order valence-corrected chi connectivity index (χ4v) is 2.60. The molecule has 0 fully saturated rings. The normalized spacial score (nSPS) is 11.5. The van der Waals surface area contributed by atoms with E-state index in [0.29, 0.717) is 11.4 Å². The van der Waals surface area contributed by atoms with Gasteiger partial charge in [-0.2, -0.15) is 0 Å². The Morgan fingerprint density at radius 1 is 1.04 bits per heavy atom. The Hall–Kier alpha value is -2.82. The van der Waals surface area contributed by atoms with Crippen molar-refractivity contribution in [2.24, 2.45) is 0 Å². The van der Waals surface area contributed by atoms with E-state index in [4.69, 9.17) is 4.74 Å². The molecule has 0 saturated carbocycles. The molecule has 5 heteroatoms. The van der Waals surface area contributed by atoms with Gasteiger partial charge < -0.3 is 15.4 Å². The van der Waals surface area contributed by atoms with E-state index in [1.54, 1.807) is 7.11 Å². The molecule has 25 heavy (non-hydrogen) atoms. The van der Waals surface area contributed by atoms with Gasteiger partial charge in [0, 0.05) is 6.92 Å². The highest BCUT2D eigenvalue weighted by molar-refractivity contribution is 5.93. The van der Waals surface area contributed by atoms with Gasteiger partial charge in [-0.15, -0.1) is 0 Å². The van der Waals surface area contributed by atoms with Gasteiger partial charge in [-0.25, -0.2) is 0 Å². The second kappa shape index (κ2) is 8.33. The van der Waals surface area contributed by atoms with E-state index in [9.17, 15) is 9.59 Å². The number of rotatable bonds is 6. The molecule has 0 aromatic heterocycles. The zero-order chi connectivity index (χ0) is 18.4. The van der Waals surface area contributed by atoms with Gasteiger partial charge in [-0.3, -0.25) is 9.59 Å². The molecule has 2 rings (SSSR count). The van der Waals surface area contributed by atoms with Crippen LogP contribution in [0.25, 0.3) is 0 Å². The predicted molar refractivity (Wildman–Crippen MR) is 98.7 cm³/mol. The molecule has 0 saturated heterocycles. The Labute approximate surface area is 148 Å². The molecule has 0 bridgehead atoms. The molecular weight excluding hydrogens is 316 g/mol. The molecule has 2 aromatic carbocycles. The van der Waals surface area contributed by atoms with Gasteiger partial charge >= 0.3 is 0 Å². The first-order valence-electron chi connectivity index (χ1n) is 8.17. The van der Waals surface area contributed by atoms with Crippen LogP contribution >= 0.6 is 0 Å². The summed E-state index contributed by atoms with van der Waals surface area (Å²) in [5.41, 5.74) is 3.66. The summed E-state index contributed by atoms with van der Waals surface area (Å²) in [4.78, 5) is 24.0. The summed E-state index contributed by atoms with van der Waals surface area (Å²) in [7, 11) is 1.56. The van der Waals surface area contributed by atoms with Crippen LogP contribution in [0.4, 0.5) is 5.69 Å². The van der Waals surface area contributed by atoms with E-state index in [0.717, 1.165) is 16.7 Å². The van der Waals surface area contributed by atoms with E-state index < -0.39 is 0 Å². The lowest BCUT2D eigenvalue weighted by Crippen LogP contribution is -2.29. The number of anilines is 1. The molecule has 0 heterocycles. The zero-order valence-corrected chi connectivity index (χ0v) is 15.1. The maximum atomic E-state index is 12.5. The highest BCUT2D eigenvalue weighted by Gasteiger charge is 2.18. The number of carbonyl (C=O) groups is 2. The van der Waals surface area contributed by atoms with Crippen molar-refractivity contribution >= 4 is 17.5 Å². The van der Waals surface area contributed by atoms with E-state index >= 15 is 0 Å². The number of methoxy groups -OCH3 is 1. The molecule has 5 nitrogen and oxygen atoms in total. The van der Waals surface area contributed by atoms with Gasteiger partial charge in [-0.05, 0) is 37.1 Å². The molecule has 1 atom stereocenters. The van der Waals surface area contributed by atoms with Crippen molar-refractivity contribution in [1.82, 2.24) is 5.32 Å². The van der Waals surface area contributed by atoms with Gasteiger partial charge in [0.05, 0.1) is 25.3 Å². The average molecular weight is 340 g/mol. The summed E-state index contributed by atoms with van der Waals surface area (Å²) < 4.78 is 5.28. The second-order valence-electron chi connectivity index (χ2n) is 6.12. The molecule has 0 aliphatic heterocycles. The van der Waals surface area contributed by atoms with E-state index in [2.05, 4.69) is 10.6 Å². The monoisotopic (exact) mass is 340 g/mol. The standard InChI is InChI=1S/C20H24N2O3/c1-13-5-8-16(9-6-13)17(21-15(3)23)12-20(24)22-18-11-14(2)7-10-19(18)25-4/h5-11,17H,12H2,1-4H3,(H,21,23)(H,22,24). The summed E-state index contributed by atoms with van der Waals surface area (Å²) in [6, 6.07) is 13.0. The lowest BCUT2D eigenvalue weighted by molar-refractivity contribution is -0.120. The Bertz CT molecular complexity index is 754. The Morgan fingerprint density at radius 2 is 1.68 bits per heavy atom. The van der Waals surface area contributed by atoms with Gasteiger partial charge in [0.1, 0.15) is 5.75 Å². The zero-order valence-electron chi connectivity index (χ0n) is 15.1. The van der Waals surface area contributed by atoms with Gasteiger partial charge in [-0.1, -0.05) is 35.9 Å². The van der Waals surface area contributed by atoms with E-state index in [-0.39, 0.29) is 24.3 Å². The number of hydrogen-bond acceptors (Lipinski definition) is 3. The molecule has 0 aliphatic carbocycles. The average Bonchev–Trinajstić information content (AvgIpc) is 2.54. The predicted octanol–water partition coefficient (Wildman–Crippen LogP) is 3.52. The Morgan fingerprint density at radius 3 is 2.28 bits per heavy atom. The van der Waals surface area contributed by atoms with Crippen LogP contribution in [0.2, 0.25) is 0 Å². The van der Waals surface area contributed by atoms with Crippen molar-refractivity contribution in [3.8, 4) is 5.75 Å².